The zero-order valence-electron chi connectivity index (χ0n) is 13.8. The minimum absolute atomic E-state index is 0.135. The molecule has 3 nitrogen and oxygen atoms in total. The first-order valence-corrected chi connectivity index (χ1v) is 9.57. The fourth-order valence-corrected chi connectivity index (χ4v) is 4.29. The van der Waals surface area contributed by atoms with Gasteiger partial charge in [0.15, 0.2) is 4.77 Å². The van der Waals surface area contributed by atoms with Crippen LogP contribution in [0.3, 0.4) is 0 Å². The number of benzene rings is 1. The van der Waals surface area contributed by atoms with Crippen molar-refractivity contribution in [3.63, 3.8) is 0 Å². The number of aromatic nitrogens is 3. The third-order valence-electron chi connectivity index (χ3n) is 4.89. The van der Waals surface area contributed by atoms with Crippen LogP contribution in [0.1, 0.15) is 28.4 Å². The lowest BCUT2D eigenvalue weighted by molar-refractivity contribution is 0.509. The molecule has 3 heterocycles. The molecule has 0 unspecified atom stereocenters. The van der Waals surface area contributed by atoms with Gasteiger partial charge >= 0.3 is 0 Å². The van der Waals surface area contributed by atoms with Crippen LogP contribution in [0, 0.1) is 16.4 Å². The van der Waals surface area contributed by atoms with Crippen LogP contribution in [0.4, 0.5) is 8.78 Å². The Hall–Kier alpha value is -1.86. The summed E-state index contributed by atoms with van der Waals surface area (Å²) in [5.41, 5.74) is 3.36. The number of pyridine rings is 1. The van der Waals surface area contributed by atoms with Gasteiger partial charge in [-0.1, -0.05) is 6.07 Å². The maximum Gasteiger partial charge on any atom is 0.177 e. The van der Waals surface area contributed by atoms with Crippen molar-refractivity contribution in [3.8, 4) is 0 Å². The van der Waals surface area contributed by atoms with E-state index in [1.807, 2.05) is 22.9 Å². The molecule has 0 aliphatic carbocycles. The number of halogens is 3. The minimum atomic E-state index is -0.521. The molecule has 0 spiro atoms. The van der Waals surface area contributed by atoms with E-state index in [-0.39, 0.29) is 16.0 Å². The first kappa shape index (κ1) is 17.5. The number of fused-ring (bicyclic) bond motifs is 1. The summed E-state index contributed by atoms with van der Waals surface area (Å²) in [5.74, 6) is -1.28. The van der Waals surface area contributed by atoms with Crippen molar-refractivity contribution in [1.82, 2.24) is 14.5 Å². The lowest BCUT2D eigenvalue weighted by atomic mass is 9.95. The van der Waals surface area contributed by atoms with Gasteiger partial charge in [0.1, 0.15) is 11.6 Å². The van der Waals surface area contributed by atoms with Gasteiger partial charge in [-0.25, -0.2) is 8.78 Å². The standard InChI is InChI=1S/C19H16BrF2N3S/c20-13-4-5-14(21)17(18(13)22)12-8-16-15(24-19(26)25(16)10-12)6-3-11-2-1-7-23-9-11/h1-2,4-5,7,9,12H,3,6,8,10H2,(H,24,26)/t12-/m0/s1. The fourth-order valence-electron chi connectivity index (χ4n) is 3.63. The Balaban J connectivity index is 1.60. The van der Waals surface area contributed by atoms with E-state index in [0.717, 1.165) is 29.8 Å². The quantitative estimate of drug-likeness (QED) is 0.456. The Morgan fingerprint density at radius 2 is 2.12 bits per heavy atom. The highest BCUT2D eigenvalue weighted by molar-refractivity contribution is 9.10. The molecule has 1 aromatic carbocycles. The summed E-state index contributed by atoms with van der Waals surface area (Å²) in [6.07, 6.45) is 5.78. The number of rotatable bonds is 4. The molecular formula is C19H16BrF2N3S. The highest BCUT2D eigenvalue weighted by Crippen LogP contribution is 2.36. The molecular weight excluding hydrogens is 420 g/mol. The topological polar surface area (TPSA) is 33.6 Å². The van der Waals surface area contributed by atoms with E-state index in [4.69, 9.17) is 12.2 Å². The summed E-state index contributed by atoms with van der Waals surface area (Å²) < 4.78 is 31.6. The van der Waals surface area contributed by atoms with E-state index in [9.17, 15) is 8.78 Å². The lowest BCUT2D eigenvalue weighted by Crippen LogP contribution is -2.08. The number of nitrogens with one attached hydrogen (secondary N) is 1. The molecule has 0 radical (unpaired) electrons. The molecule has 1 aliphatic heterocycles. The van der Waals surface area contributed by atoms with Crippen LogP contribution < -0.4 is 0 Å². The van der Waals surface area contributed by atoms with Gasteiger partial charge in [0.05, 0.1) is 4.47 Å². The van der Waals surface area contributed by atoms with Crippen LogP contribution in [0.2, 0.25) is 0 Å². The van der Waals surface area contributed by atoms with Crippen molar-refractivity contribution in [2.24, 2.45) is 0 Å². The second-order valence-electron chi connectivity index (χ2n) is 6.49. The molecule has 2 aromatic heterocycles. The first-order chi connectivity index (χ1) is 12.5. The van der Waals surface area contributed by atoms with Crippen LogP contribution in [0.25, 0.3) is 0 Å². The monoisotopic (exact) mass is 435 g/mol. The second kappa shape index (κ2) is 7.04. The normalized spacial score (nSPS) is 16.0. The average molecular weight is 436 g/mol. The van der Waals surface area contributed by atoms with E-state index in [2.05, 4.69) is 25.9 Å². The Morgan fingerprint density at radius 1 is 1.27 bits per heavy atom. The summed E-state index contributed by atoms with van der Waals surface area (Å²) in [7, 11) is 0. The Labute approximate surface area is 163 Å². The van der Waals surface area contributed by atoms with Gasteiger partial charge in [-0.2, -0.15) is 0 Å². The van der Waals surface area contributed by atoms with Crippen LogP contribution in [-0.4, -0.2) is 14.5 Å². The SMILES string of the molecule is Fc1ccc(Br)c(F)c1[C@H]1Cc2c(CCc3cccnc3)[nH]c(=S)n2C1. The van der Waals surface area contributed by atoms with Gasteiger partial charge < -0.3 is 9.55 Å². The summed E-state index contributed by atoms with van der Waals surface area (Å²) in [4.78, 5) is 7.39. The zero-order chi connectivity index (χ0) is 18.3. The maximum absolute atomic E-state index is 14.5. The summed E-state index contributed by atoms with van der Waals surface area (Å²) >= 11 is 8.57. The molecule has 7 heteroatoms. The molecule has 1 aliphatic rings. The van der Waals surface area contributed by atoms with Gasteiger partial charge in [0, 0.05) is 41.8 Å². The second-order valence-corrected chi connectivity index (χ2v) is 7.73. The Bertz CT molecular complexity index is 1010. The number of imidazole rings is 1. The highest BCUT2D eigenvalue weighted by atomic mass is 79.9. The van der Waals surface area contributed by atoms with Gasteiger partial charge in [0.25, 0.3) is 0 Å². The molecule has 0 saturated carbocycles. The Morgan fingerprint density at radius 3 is 2.88 bits per heavy atom. The number of hydrogen-bond donors (Lipinski definition) is 1. The number of hydrogen-bond acceptors (Lipinski definition) is 2. The number of nitrogens with zero attached hydrogens (tertiary/aromatic N) is 2. The van der Waals surface area contributed by atoms with Gasteiger partial charge in [-0.3, -0.25) is 4.98 Å². The summed E-state index contributed by atoms with van der Waals surface area (Å²) in [5, 5.41) is 0. The molecule has 0 saturated heterocycles. The third-order valence-corrected chi connectivity index (χ3v) is 5.83. The molecule has 3 aromatic rings. The summed E-state index contributed by atoms with van der Waals surface area (Å²) in [6.45, 7) is 0.488. The lowest BCUT2D eigenvalue weighted by Gasteiger charge is -2.13. The van der Waals surface area contributed by atoms with E-state index in [1.54, 1.807) is 6.20 Å². The number of aryl methyl sites for hydroxylation is 2. The van der Waals surface area contributed by atoms with Gasteiger partial charge in [-0.05, 0) is 71.2 Å². The minimum Gasteiger partial charge on any atom is -0.334 e. The zero-order valence-corrected chi connectivity index (χ0v) is 16.2. The molecule has 26 heavy (non-hydrogen) atoms. The molecule has 0 fully saturated rings. The molecule has 4 rings (SSSR count). The van der Waals surface area contributed by atoms with Crippen molar-refractivity contribution < 1.29 is 8.78 Å². The first-order valence-electron chi connectivity index (χ1n) is 8.37. The van der Waals surface area contributed by atoms with Crippen molar-refractivity contribution in [1.29, 1.82) is 0 Å². The predicted octanol–water partition coefficient (Wildman–Crippen LogP) is 5.11. The number of aromatic amines is 1. The smallest absolute Gasteiger partial charge is 0.177 e. The van der Waals surface area contributed by atoms with E-state index in [0.29, 0.717) is 17.7 Å². The van der Waals surface area contributed by atoms with Crippen LogP contribution >= 0.6 is 28.1 Å². The fraction of sp³-hybridized carbons (Fsp3) is 0.263. The van der Waals surface area contributed by atoms with Crippen molar-refractivity contribution >= 4 is 28.1 Å². The van der Waals surface area contributed by atoms with Gasteiger partial charge in [0.2, 0.25) is 0 Å². The average Bonchev–Trinajstić information content (AvgIpc) is 3.19. The molecule has 1 N–H and O–H groups in total. The van der Waals surface area contributed by atoms with Crippen molar-refractivity contribution in [3.05, 3.63) is 80.1 Å². The van der Waals surface area contributed by atoms with Crippen LogP contribution in [0.15, 0.2) is 41.1 Å². The highest BCUT2D eigenvalue weighted by Gasteiger charge is 2.31. The predicted molar refractivity (Wildman–Crippen MR) is 102 cm³/mol. The van der Waals surface area contributed by atoms with E-state index in [1.165, 1.54) is 12.1 Å². The van der Waals surface area contributed by atoms with E-state index < -0.39 is 11.6 Å². The maximum atomic E-state index is 14.5. The summed E-state index contributed by atoms with van der Waals surface area (Å²) in [6, 6.07) is 6.65. The molecule has 0 bridgehead atoms. The molecule has 0 amide bonds. The van der Waals surface area contributed by atoms with Crippen molar-refractivity contribution in [2.75, 3.05) is 0 Å². The molecule has 134 valence electrons. The van der Waals surface area contributed by atoms with Crippen LogP contribution in [0.5, 0.6) is 0 Å². The molecule has 1 atom stereocenters. The number of H-pyrrole nitrogens is 1. The van der Waals surface area contributed by atoms with Gasteiger partial charge in [-0.15, -0.1) is 0 Å². The third kappa shape index (κ3) is 3.14. The van der Waals surface area contributed by atoms with Crippen LogP contribution in [-0.2, 0) is 25.8 Å². The van der Waals surface area contributed by atoms with Crippen molar-refractivity contribution in [2.45, 2.75) is 31.7 Å². The largest absolute Gasteiger partial charge is 0.334 e. The van der Waals surface area contributed by atoms with E-state index >= 15 is 0 Å². The Kier molecular flexibility index (Phi) is 4.75.